The molecule has 0 unspecified atom stereocenters. The number of carboxylic acid groups (broad SMARTS) is 1. The summed E-state index contributed by atoms with van der Waals surface area (Å²) in [5.74, 6) is -0.513. The zero-order valence-electron chi connectivity index (χ0n) is 11.8. The lowest BCUT2D eigenvalue weighted by atomic mass is 10.1. The highest BCUT2D eigenvalue weighted by molar-refractivity contribution is 5.92. The van der Waals surface area contributed by atoms with Crippen LogP contribution in [0.25, 0.3) is 0 Å². The Morgan fingerprint density at radius 1 is 1.33 bits per heavy atom. The number of benzene rings is 1. The van der Waals surface area contributed by atoms with E-state index in [0.717, 1.165) is 5.56 Å². The van der Waals surface area contributed by atoms with E-state index in [1.807, 2.05) is 0 Å². The zero-order chi connectivity index (χ0) is 15.4. The number of carbonyl (C=O) groups is 1. The van der Waals surface area contributed by atoms with Crippen molar-refractivity contribution in [1.82, 2.24) is 4.98 Å². The minimum absolute atomic E-state index is 0.0571. The Morgan fingerprint density at radius 3 is 2.57 bits per heavy atom. The van der Waals surface area contributed by atoms with Crippen molar-refractivity contribution in [1.29, 1.82) is 5.26 Å². The van der Waals surface area contributed by atoms with Crippen LogP contribution < -0.4 is 4.74 Å². The second-order valence-corrected chi connectivity index (χ2v) is 4.65. The third kappa shape index (κ3) is 3.37. The van der Waals surface area contributed by atoms with Crippen LogP contribution in [0, 0.1) is 25.2 Å². The number of carboxylic acids is 1. The van der Waals surface area contributed by atoms with Crippen LogP contribution in [0.5, 0.6) is 11.6 Å². The molecule has 5 nitrogen and oxygen atoms in total. The average Bonchev–Trinajstić information content (AvgIpc) is 2.40. The lowest BCUT2D eigenvalue weighted by molar-refractivity contribution is 0.0692. The van der Waals surface area contributed by atoms with Crippen molar-refractivity contribution in [3.8, 4) is 17.7 Å². The van der Waals surface area contributed by atoms with Crippen LogP contribution in [0.2, 0.25) is 0 Å². The highest BCUT2D eigenvalue weighted by atomic mass is 16.5. The third-order valence-electron chi connectivity index (χ3n) is 2.95. The quantitative estimate of drug-likeness (QED) is 0.930. The topological polar surface area (TPSA) is 83.2 Å². The predicted molar refractivity (Wildman–Crippen MR) is 76.5 cm³/mol. The van der Waals surface area contributed by atoms with Crippen molar-refractivity contribution in [2.45, 2.75) is 20.3 Å². The molecule has 0 aliphatic heterocycles. The highest BCUT2D eigenvalue weighted by Gasteiger charge is 2.17. The van der Waals surface area contributed by atoms with Crippen molar-refractivity contribution in [3.05, 3.63) is 52.7 Å². The van der Waals surface area contributed by atoms with E-state index in [9.17, 15) is 9.90 Å². The van der Waals surface area contributed by atoms with Crippen molar-refractivity contribution >= 4 is 5.97 Å². The number of aryl methyl sites for hydroxylation is 2. The smallest absolute Gasteiger partial charge is 0.341 e. The molecule has 106 valence electrons. The molecule has 5 heteroatoms. The molecule has 0 fully saturated rings. The van der Waals surface area contributed by atoms with E-state index < -0.39 is 5.97 Å². The molecule has 0 bridgehead atoms. The summed E-state index contributed by atoms with van der Waals surface area (Å²) in [5.41, 5.74) is 2.22. The number of nitrogens with zero attached hydrogens (tertiary/aromatic N) is 2. The van der Waals surface area contributed by atoms with Crippen molar-refractivity contribution < 1.29 is 14.6 Å². The zero-order valence-corrected chi connectivity index (χ0v) is 11.8. The molecule has 0 aliphatic carbocycles. The number of nitriles is 1. The van der Waals surface area contributed by atoms with Gasteiger partial charge in [0.15, 0.2) is 0 Å². The molecule has 2 rings (SSSR count). The van der Waals surface area contributed by atoms with Crippen LogP contribution in [-0.4, -0.2) is 16.1 Å². The van der Waals surface area contributed by atoms with Gasteiger partial charge < -0.3 is 9.84 Å². The van der Waals surface area contributed by atoms with Crippen LogP contribution >= 0.6 is 0 Å². The number of hydrogen-bond acceptors (Lipinski definition) is 4. The summed E-state index contributed by atoms with van der Waals surface area (Å²) in [5, 5.41) is 17.9. The standard InChI is InChI=1S/C16H14N2O3/c1-10-9-11(2)18-15(14(10)16(19)20)21-13-5-3-12(4-6-13)7-8-17/h3-6,9H,7H2,1-2H3,(H,19,20). The van der Waals surface area contributed by atoms with E-state index in [2.05, 4.69) is 11.1 Å². The number of hydrogen-bond donors (Lipinski definition) is 1. The summed E-state index contributed by atoms with van der Waals surface area (Å²) in [7, 11) is 0. The molecule has 0 aliphatic rings. The largest absolute Gasteiger partial charge is 0.477 e. The van der Waals surface area contributed by atoms with Crippen LogP contribution in [0.1, 0.15) is 27.2 Å². The summed E-state index contributed by atoms with van der Waals surface area (Å²) in [6.07, 6.45) is 0.322. The Hall–Kier alpha value is -2.87. The molecule has 0 atom stereocenters. The number of ether oxygens (including phenoxy) is 1. The maximum Gasteiger partial charge on any atom is 0.341 e. The first-order valence-electron chi connectivity index (χ1n) is 6.36. The SMILES string of the molecule is Cc1cc(C)c(C(=O)O)c(Oc2ccc(CC#N)cc2)n1. The Kier molecular flexibility index (Phi) is 4.19. The van der Waals surface area contributed by atoms with Crippen LogP contribution in [0.4, 0.5) is 0 Å². The van der Waals surface area contributed by atoms with Crippen molar-refractivity contribution in [2.24, 2.45) is 0 Å². The molecule has 21 heavy (non-hydrogen) atoms. The van der Waals surface area contributed by atoms with E-state index >= 15 is 0 Å². The van der Waals surface area contributed by atoms with Crippen LogP contribution in [0.15, 0.2) is 30.3 Å². The van der Waals surface area contributed by atoms with E-state index in [1.165, 1.54) is 0 Å². The van der Waals surface area contributed by atoms with Gasteiger partial charge in [-0.05, 0) is 43.2 Å². The fraction of sp³-hybridized carbons (Fsp3) is 0.188. The summed E-state index contributed by atoms with van der Waals surface area (Å²) < 4.78 is 5.59. The van der Waals surface area contributed by atoms with Gasteiger partial charge in [-0.3, -0.25) is 0 Å². The fourth-order valence-electron chi connectivity index (χ4n) is 2.01. The lowest BCUT2D eigenvalue weighted by Crippen LogP contribution is -2.06. The van der Waals surface area contributed by atoms with Gasteiger partial charge in [0.2, 0.25) is 5.88 Å². The Labute approximate surface area is 122 Å². The van der Waals surface area contributed by atoms with Crippen molar-refractivity contribution in [2.75, 3.05) is 0 Å². The van der Waals surface area contributed by atoms with Crippen molar-refractivity contribution in [3.63, 3.8) is 0 Å². The predicted octanol–water partition coefficient (Wildman–Crippen LogP) is 3.26. The lowest BCUT2D eigenvalue weighted by Gasteiger charge is -2.11. The third-order valence-corrected chi connectivity index (χ3v) is 2.95. The molecule has 1 aromatic carbocycles. The Morgan fingerprint density at radius 2 is 2.00 bits per heavy atom. The maximum absolute atomic E-state index is 11.3. The minimum atomic E-state index is -1.07. The van der Waals surface area contributed by atoms with E-state index in [4.69, 9.17) is 10.00 Å². The summed E-state index contributed by atoms with van der Waals surface area (Å²) in [6, 6.07) is 10.7. The van der Waals surface area contributed by atoms with E-state index in [1.54, 1.807) is 44.2 Å². The average molecular weight is 282 g/mol. The molecule has 0 saturated carbocycles. The maximum atomic E-state index is 11.3. The fourth-order valence-corrected chi connectivity index (χ4v) is 2.01. The van der Waals surface area contributed by atoms with Gasteiger partial charge >= 0.3 is 5.97 Å². The molecule has 2 aromatic rings. The summed E-state index contributed by atoms with van der Waals surface area (Å²) in [6.45, 7) is 3.49. The van der Waals surface area contributed by atoms with Gasteiger partial charge in [0.25, 0.3) is 0 Å². The first-order valence-corrected chi connectivity index (χ1v) is 6.36. The van der Waals surface area contributed by atoms with Gasteiger partial charge in [0.05, 0.1) is 12.5 Å². The first kappa shape index (κ1) is 14.5. The molecule has 1 heterocycles. The van der Waals surface area contributed by atoms with Gasteiger partial charge in [0.1, 0.15) is 11.3 Å². The van der Waals surface area contributed by atoms with Crippen LogP contribution in [0.3, 0.4) is 0 Å². The molecule has 0 spiro atoms. The normalized spacial score (nSPS) is 9.95. The second kappa shape index (κ2) is 6.06. The Bertz CT molecular complexity index is 716. The number of pyridine rings is 1. The molecule has 1 aromatic heterocycles. The second-order valence-electron chi connectivity index (χ2n) is 4.65. The number of aromatic nitrogens is 1. The molecule has 0 amide bonds. The molecular weight excluding hydrogens is 268 g/mol. The first-order chi connectivity index (χ1) is 10.0. The monoisotopic (exact) mass is 282 g/mol. The Balaban J connectivity index is 2.35. The van der Waals surface area contributed by atoms with Gasteiger partial charge in [-0.15, -0.1) is 0 Å². The minimum Gasteiger partial charge on any atom is -0.477 e. The van der Waals surface area contributed by atoms with Crippen LogP contribution in [-0.2, 0) is 6.42 Å². The number of aromatic carboxylic acids is 1. The van der Waals surface area contributed by atoms with E-state index in [0.29, 0.717) is 23.4 Å². The van der Waals surface area contributed by atoms with Gasteiger partial charge in [-0.25, -0.2) is 9.78 Å². The van der Waals surface area contributed by atoms with Gasteiger partial charge in [0, 0.05) is 5.69 Å². The van der Waals surface area contributed by atoms with Gasteiger partial charge in [-0.1, -0.05) is 12.1 Å². The van der Waals surface area contributed by atoms with Gasteiger partial charge in [-0.2, -0.15) is 5.26 Å². The molecular formula is C16H14N2O3. The van der Waals surface area contributed by atoms with E-state index in [-0.39, 0.29) is 11.4 Å². The molecule has 0 radical (unpaired) electrons. The molecule has 0 saturated heterocycles. The molecule has 1 N–H and O–H groups in total. The summed E-state index contributed by atoms with van der Waals surface area (Å²) >= 11 is 0. The highest BCUT2D eigenvalue weighted by Crippen LogP contribution is 2.26. The number of rotatable bonds is 4. The summed E-state index contributed by atoms with van der Waals surface area (Å²) in [4.78, 5) is 15.5.